The number of nitrogens with zero attached hydrogens (tertiary/aromatic N) is 5. The number of aromatic nitrogens is 4. The normalized spacial score (nSPS) is 11.4. The van der Waals surface area contributed by atoms with Crippen LogP contribution >= 0.6 is 11.3 Å². The van der Waals surface area contributed by atoms with Gasteiger partial charge in [-0.2, -0.15) is 9.61 Å². The molecule has 9 heteroatoms. The van der Waals surface area contributed by atoms with E-state index in [0.29, 0.717) is 21.6 Å². The Morgan fingerprint density at radius 3 is 2.65 bits per heavy atom. The average Bonchev–Trinajstić information content (AvgIpc) is 3.34. The zero-order valence-corrected chi connectivity index (χ0v) is 13.9. The molecule has 0 fully saturated rings. The van der Waals surface area contributed by atoms with Crippen molar-refractivity contribution in [3.8, 4) is 22.2 Å². The number of furan rings is 1. The summed E-state index contributed by atoms with van der Waals surface area (Å²) < 4.78 is 7.47. The molecular weight excluding hydrogens is 354 g/mol. The lowest BCUT2D eigenvalue weighted by atomic mass is 10.2. The van der Waals surface area contributed by atoms with E-state index in [0.717, 1.165) is 16.5 Å². The van der Waals surface area contributed by atoms with E-state index in [1.54, 1.807) is 16.6 Å². The molecule has 5 aromatic rings. The van der Waals surface area contributed by atoms with Gasteiger partial charge in [0.2, 0.25) is 10.8 Å². The molecule has 0 aliphatic heterocycles. The van der Waals surface area contributed by atoms with Gasteiger partial charge in [0.1, 0.15) is 10.6 Å². The minimum absolute atomic E-state index is 0.0414. The highest BCUT2D eigenvalue weighted by molar-refractivity contribution is 7.19. The number of rotatable bonds is 3. The van der Waals surface area contributed by atoms with E-state index < -0.39 is 4.92 Å². The van der Waals surface area contributed by atoms with Crippen LogP contribution in [-0.4, -0.2) is 24.7 Å². The Morgan fingerprint density at radius 1 is 1.08 bits per heavy atom. The Bertz CT molecular complexity index is 1240. The number of fused-ring (bicyclic) bond motifs is 2. The van der Waals surface area contributed by atoms with Gasteiger partial charge in [0, 0.05) is 23.1 Å². The monoisotopic (exact) mass is 363 g/mol. The van der Waals surface area contributed by atoms with Gasteiger partial charge in [0.15, 0.2) is 5.76 Å². The summed E-state index contributed by atoms with van der Waals surface area (Å²) in [5, 5.41) is 25.3. The number of nitro groups is 1. The maximum atomic E-state index is 10.8. The first-order valence-electron chi connectivity index (χ1n) is 7.65. The SMILES string of the molecule is O=[N+]([O-])c1ccc(-c2nn3c(-c4cc5ccccc5o4)nnc3s2)cc1. The molecule has 0 radical (unpaired) electrons. The van der Waals surface area contributed by atoms with Crippen LogP contribution in [0.1, 0.15) is 0 Å². The van der Waals surface area contributed by atoms with Gasteiger partial charge in [-0.25, -0.2) is 0 Å². The highest BCUT2D eigenvalue weighted by Gasteiger charge is 2.18. The Hall–Kier alpha value is -3.59. The van der Waals surface area contributed by atoms with Crippen LogP contribution < -0.4 is 0 Å². The van der Waals surface area contributed by atoms with E-state index >= 15 is 0 Å². The van der Waals surface area contributed by atoms with Crippen molar-refractivity contribution < 1.29 is 9.34 Å². The lowest BCUT2D eigenvalue weighted by Crippen LogP contribution is -1.90. The topological polar surface area (TPSA) is 99.4 Å². The predicted molar refractivity (Wildman–Crippen MR) is 96.0 cm³/mol. The average molecular weight is 363 g/mol. The van der Waals surface area contributed by atoms with E-state index in [4.69, 9.17) is 4.42 Å². The molecule has 126 valence electrons. The van der Waals surface area contributed by atoms with Gasteiger partial charge in [-0.1, -0.05) is 29.5 Å². The van der Waals surface area contributed by atoms with Crippen molar-refractivity contribution in [1.29, 1.82) is 0 Å². The smallest absolute Gasteiger partial charge is 0.269 e. The number of benzene rings is 2. The highest BCUT2D eigenvalue weighted by Crippen LogP contribution is 2.31. The Balaban J connectivity index is 1.59. The summed E-state index contributed by atoms with van der Waals surface area (Å²) in [6, 6.07) is 15.9. The maximum Gasteiger partial charge on any atom is 0.269 e. The lowest BCUT2D eigenvalue weighted by Gasteiger charge is -1.95. The third kappa shape index (κ3) is 2.25. The molecule has 0 unspecified atom stereocenters. The number of non-ortho nitro benzene ring substituents is 1. The summed E-state index contributed by atoms with van der Waals surface area (Å²) in [6.45, 7) is 0. The minimum Gasteiger partial charge on any atom is -0.453 e. The first-order chi connectivity index (χ1) is 12.7. The molecule has 0 aliphatic rings. The lowest BCUT2D eigenvalue weighted by molar-refractivity contribution is -0.384. The van der Waals surface area contributed by atoms with Crippen molar-refractivity contribution in [1.82, 2.24) is 19.8 Å². The van der Waals surface area contributed by atoms with Crippen molar-refractivity contribution >= 4 is 33.0 Å². The van der Waals surface area contributed by atoms with E-state index in [-0.39, 0.29) is 5.69 Å². The second-order valence-corrected chi connectivity index (χ2v) is 6.53. The number of para-hydroxylation sites is 1. The molecule has 26 heavy (non-hydrogen) atoms. The van der Waals surface area contributed by atoms with E-state index in [1.807, 2.05) is 30.3 Å². The molecule has 5 rings (SSSR count). The Labute approximate surface area is 149 Å². The van der Waals surface area contributed by atoms with Crippen LogP contribution in [0, 0.1) is 10.1 Å². The maximum absolute atomic E-state index is 10.8. The van der Waals surface area contributed by atoms with Crippen molar-refractivity contribution in [2.24, 2.45) is 0 Å². The number of hydrogen-bond donors (Lipinski definition) is 0. The Kier molecular flexibility index (Phi) is 3.09. The summed E-state index contributed by atoms with van der Waals surface area (Å²) in [7, 11) is 0. The minimum atomic E-state index is -0.429. The second-order valence-electron chi connectivity index (χ2n) is 5.58. The number of nitro benzene ring substituents is 1. The molecule has 0 N–H and O–H groups in total. The standard InChI is InChI=1S/C17H9N5O3S/c23-22(24)12-7-5-10(6-8-12)16-20-21-15(18-19-17(21)26-16)14-9-11-3-1-2-4-13(11)25-14/h1-9H. The third-order valence-electron chi connectivity index (χ3n) is 3.96. The van der Waals surface area contributed by atoms with Gasteiger partial charge in [-0.3, -0.25) is 10.1 Å². The molecular formula is C17H9N5O3S. The first-order valence-corrected chi connectivity index (χ1v) is 8.47. The molecule has 0 saturated carbocycles. The molecule has 8 nitrogen and oxygen atoms in total. The van der Waals surface area contributed by atoms with Crippen LogP contribution in [0.5, 0.6) is 0 Å². The highest BCUT2D eigenvalue weighted by atomic mass is 32.1. The summed E-state index contributed by atoms with van der Waals surface area (Å²) in [5.74, 6) is 1.10. The van der Waals surface area contributed by atoms with E-state index in [2.05, 4.69) is 15.3 Å². The van der Waals surface area contributed by atoms with Gasteiger partial charge < -0.3 is 4.42 Å². The summed E-state index contributed by atoms with van der Waals surface area (Å²) in [4.78, 5) is 11.0. The van der Waals surface area contributed by atoms with Crippen molar-refractivity contribution in [2.75, 3.05) is 0 Å². The fourth-order valence-electron chi connectivity index (χ4n) is 2.71. The van der Waals surface area contributed by atoms with Crippen LogP contribution in [0.3, 0.4) is 0 Å². The van der Waals surface area contributed by atoms with Gasteiger partial charge in [0.05, 0.1) is 4.92 Å². The first kappa shape index (κ1) is 14.7. The zero-order chi connectivity index (χ0) is 17.7. The zero-order valence-electron chi connectivity index (χ0n) is 13.1. The molecule has 0 saturated heterocycles. The van der Waals surface area contributed by atoms with Crippen LogP contribution in [0.4, 0.5) is 5.69 Å². The summed E-state index contributed by atoms with van der Waals surface area (Å²) in [5.41, 5.74) is 1.59. The molecule has 3 heterocycles. The third-order valence-corrected chi connectivity index (χ3v) is 4.91. The quantitative estimate of drug-likeness (QED) is 0.352. The van der Waals surface area contributed by atoms with Crippen LogP contribution in [0.25, 0.3) is 38.1 Å². The van der Waals surface area contributed by atoms with Gasteiger partial charge in [0.25, 0.3) is 5.69 Å². The van der Waals surface area contributed by atoms with Crippen LogP contribution in [-0.2, 0) is 0 Å². The molecule has 0 spiro atoms. The molecule has 0 aliphatic carbocycles. The summed E-state index contributed by atoms with van der Waals surface area (Å²) >= 11 is 1.35. The fraction of sp³-hybridized carbons (Fsp3) is 0. The molecule has 0 amide bonds. The van der Waals surface area contributed by atoms with Crippen LogP contribution in [0.2, 0.25) is 0 Å². The van der Waals surface area contributed by atoms with Crippen molar-refractivity contribution in [3.63, 3.8) is 0 Å². The molecule has 3 aromatic heterocycles. The van der Waals surface area contributed by atoms with Crippen LogP contribution in [0.15, 0.2) is 59.0 Å². The predicted octanol–water partition coefficient (Wildman–Crippen LogP) is 4.17. The Morgan fingerprint density at radius 2 is 1.88 bits per heavy atom. The molecule has 2 aromatic carbocycles. The molecule has 0 bridgehead atoms. The van der Waals surface area contributed by atoms with Gasteiger partial charge in [-0.15, -0.1) is 10.2 Å². The largest absolute Gasteiger partial charge is 0.453 e. The molecule has 0 atom stereocenters. The number of hydrogen-bond acceptors (Lipinski definition) is 7. The van der Waals surface area contributed by atoms with E-state index in [1.165, 1.54) is 23.5 Å². The second kappa shape index (κ2) is 5.46. The van der Waals surface area contributed by atoms with Crippen molar-refractivity contribution in [2.45, 2.75) is 0 Å². The van der Waals surface area contributed by atoms with Crippen molar-refractivity contribution in [3.05, 3.63) is 64.7 Å². The summed E-state index contributed by atoms with van der Waals surface area (Å²) in [6.07, 6.45) is 0. The fourth-order valence-corrected chi connectivity index (χ4v) is 3.55. The van der Waals surface area contributed by atoms with Gasteiger partial charge in [-0.05, 0) is 24.3 Å². The van der Waals surface area contributed by atoms with Gasteiger partial charge >= 0.3 is 0 Å². The van der Waals surface area contributed by atoms with E-state index in [9.17, 15) is 10.1 Å².